The Balaban J connectivity index is 4.11. The van der Waals surface area contributed by atoms with Gasteiger partial charge < -0.3 is 14.2 Å². The second-order valence-electron chi connectivity index (χ2n) is 25.6. The van der Waals surface area contributed by atoms with Gasteiger partial charge in [0.1, 0.15) is 13.2 Å². The van der Waals surface area contributed by atoms with Gasteiger partial charge >= 0.3 is 17.9 Å². The molecule has 0 amide bonds. The molecule has 0 aromatic heterocycles. The lowest BCUT2D eigenvalue weighted by molar-refractivity contribution is -0.167. The van der Waals surface area contributed by atoms with E-state index in [4.69, 9.17) is 14.2 Å². The van der Waals surface area contributed by atoms with Crippen molar-refractivity contribution in [3.05, 3.63) is 36.5 Å². The molecule has 0 N–H and O–H groups in total. The highest BCUT2D eigenvalue weighted by atomic mass is 16.6. The van der Waals surface area contributed by atoms with Crippen LogP contribution in [0.15, 0.2) is 36.5 Å². The minimum absolute atomic E-state index is 0.0640. The summed E-state index contributed by atoms with van der Waals surface area (Å²) in [6.45, 7) is 6.71. The zero-order chi connectivity index (χ0) is 59.9. The summed E-state index contributed by atoms with van der Waals surface area (Å²) in [7, 11) is 0. The Morgan fingerprint density at radius 1 is 0.241 bits per heavy atom. The molecule has 0 rings (SSSR count). The van der Waals surface area contributed by atoms with Gasteiger partial charge in [-0.1, -0.05) is 378 Å². The molecule has 0 spiro atoms. The van der Waals surface area contributed by atoms with Gasteiger partial charge in [-0.05, 0) is 57.8 Å². The zero-order valence-electron chi connectivity index (χ0n) is 56.2. The standard InChI is InChI=1S/C77H144O6/c1-4-7-10-13-16-19-22-25-27-29-31-33-34-35-36-37-38-39-40-41-42-43-44-45-47-48-50-52-55-58-61-64-67-70-76(79)82-73-74(72-81-75(78)69-66-63-60-57-54-24-21-18-15-12-9-6-3)83-77(80)71-68-65-62-59-56-53-51-49-46-32-30-28-26-23-20-17-14-11-8-5-2/h22,25,29,31,34-35,74H,4-21,23-24,26-28,30,32-33,36-73H2,1-3H3/b25-22-,31-29-,35-34-. The molecule has 0 bridgehead atoms. The van der Waals surface area contributed by atoms with Crippen LogP contribution in [0.25, 0.3) is 0 Å². The molecule has 0 aliphatic heterocycles. The number of ether oxygens (including phenoxy) is 3. The fourth-order valence-electron chi connectivity index (χ4n) is 11.5. The summed E-state index contributed by atoms with van der Waals surface area (Å²) in [5.41, 5.74) is 0. The summed E-state index contributed by atoms with van der Waals surface area (Å²) in [6, 6.07) is 0. The van der Waals surface area contributed by atoms with Crippen molar-refractivity contribution in [1.82, 2.24) is 0 Å². The quantitative estimate of drug-likeness (QED) is 0.0261. The first kappa shape index (κ1) is 80.6. The fourth-order valence-corrected chi connectivity index (χ4v) is 11.5. The third kappa shape index (κ3) is 70.3. The Labute approximate surface area is 518 Å². The van der Waals surface area contributed by atoms with Gasteiger partial charge in [-0.3, -0.25) is 14.4 Å². The van der Waals surface area contributed by atoms with Gasteiger partial charge in [-0.25, -0.2) is 0 Å². The number of unbranched alkanes of at least 4 members (excludes halogenated alkanes) is 53. The molecule has 0 aromatic carbocycles. The summed E-state index contributed by atoms with van der Waals surface area (Å²) in [5.74, 6) is -0.830. The number of carbonyl (C=O) groups is 3. The van der Waals surface area contributed by atoms with Crippen molar-refractivity contribution in [3.8, 4) is 0 Å². The van der Waals surface area contributed by atoms with Crippen LogP contribution in [0.2, 0.25) is 0 Å². The number of hydrogen-bond donors (Lipinski definition) is 0. The third-order valence-corrected chi connectivity index (χ3v) is 17.1. The second-order valence-corrected chi connectivity index (χ2v) is 25.6. The number of esters is 3. The maximum absolute atomic E-state index is 13.0. The van der Waals surface area contributed by atoms with Crippen LogP contribution in [0.3, 0.4) is 0 Å². The second kappa shape index (κ2) is 72.1. The van der Waals surface area contributed by atoms with E-state index in [1.54, 1.807) is 0 Å². The van der Waals surface area contributed by atoms with Gasteiger partial charge in [0.05, 0.1) is 0 Å². The molecule has 488 valence electrons. The van der Waals surface area contributed by atoms with Gasteiger partial charge in [-0.15, -0.1) is 0 Å². The molecule has 0 saturated heterocycles. The van der Waals surface area contributed by atoms with Crippen LogP contribution in [-0.2, 0) is 28.6 Å². The highest BCUT2D eigenvalue weighted by Gasteiger charge is 2.20. The largest absolute Gasteiger partial charge is 0.462 e. The molecule has 0 radical (unpaired) electrons. The molecule has 0 aromatic rings. The minimum atomic E-state index is -0.767. The van der Waals surface area contributed by atoms with Crippen molar-refractivity contribution in [2.75, 3.05) is 13.2 Å². The Morgan fingerprint density at radius 3 is 0.675 bits per heavy atom. The summed E-state index contributed by atoms with van der Waals surface area (Å²) in [4.78, 5) is 38.4. The van der Waals surface area contributed by atoms with E-state index in [0.717, 1.165) is 70.6 Å². The topological polar surface area (TPSA) is 78.9 Å². The van der Waals surface area contributed by atoms with E-state index in [-0.39, 0.29) is 31.1 Å². The summed E-state index contributed by atoms with van der Waals surface area (Å²) in [5, 5.41) is 0. The van der Waals surface area contributed by atoms with Crippen molar-refractivity contribution in [1.29, 1.82) is 0 Å². The lowest BCUT2D eigenvalue weighted by atomic mass is 10.0. The number of allylic oxidation sites excluding steroid dienone is 6. The first-order valence-electron chi connectivity index (χ1n) is 37.5. The predicted octanol–water partition coefficient (Wildman–Crippen LogP) is 25.9. The van der Waals surface area contributed by atoms with Crippen LogP contribution in [-0.4, -0.2) is 37.2 Å². The van der Waals surface area contributed by atoms with Crippen LogP contribution in [0.4, 0.5) is 0 Å². The van der Waals surface area contributed by atoms with Crippen LogP contribution in [0, 0.1) is 0 Å². The van der Waals surface area contributed by atoms with Crippen molar-refractivity contribution in [2.24, 2.45) is 0 Å². The molecule has 6 nitrogen and oxygen atoms in total. The Hall–Kier alpha value is -2.37. The van der Waals surface area contributed by atoms with E-state index in [2.05, 4.69) is 57.2 Å². The fraction of sp³-hybridized carbons (Fsp3) is 0.883. The van der Waals surface area contributed by atoms with Crippen molar-refractivity contribution in [3.63, 3.8) is 0 Å². The minimum Gasteiger partial charge on any atom is -0.462 e. The highest BCUT2D eigenvalue weighted by Crippen LogP contribution is 2.19. The average Bonchev–Trinajstić information content (AvgIpc) is 3.49. The molecule has 0 aliphatic carbocycles. The number of hydrogen-bond acceptors (Lipinski definition) is 6. The van der Waals surface area contributed by atoms with Gasteiger partial charge in [0.25, 0.3) is 0 Å². The first-order chi connectivity index (χ1) is 41.0. The maximum Gasteiger partial charge on any atom is 0.306 e. The van der Waals surface area contributed by atoms with E-state index in [9.17, 15) is 14.4 Å². The van der Waals surface area contributed by atoms with Gasteiger partial charge in [0, 0.05) is 19.3 Å². The van der Waals surface area contributed by atoms with Crippen LogP contribution in [0.5, 0.6) is 0 Å². The molecule has 83 heavy (non-hydrogen) atoms. The van der Waals surface area contributed by atoms with E-state index in [1.165, 1.54) is 308 Å². The maximum atomic E-state index is 13.0. The lowest BCUT2D eigenvalue weighted by Crippen LogP contribution is -2.30. The van der Waals surface area contributed by atoms with E-state index in [0.29, 0.717) is 19.3 Å². The van der Waals surface area contributed by atoms with Crippen molar-refractivity contribution >= 4 is 17.9 Å². The van der Waals surface area contributed by atoms with E-state index in [1.807, 2.05) is 0 Å². The number of carbonyl (C=O) groups excluding carboxylic acids is 3. The van der Waals surface area contributed by atoms with Crippen LogP contribution in [0.1, 0.15) is 419 Å². The zero-order valence-corrected chi connectivity index (χ0v) is 56.2. The lowest BCUT2D eigenvalue weighted by Gasteiger charge is -2.18. The Kier molecular flexibility index (Phi) is 70.0. The molecule has 0 heterocycles. The van der Waals surface area contributed by atoms with Crippen molar-refractivity contribution < 1.29 is 28.6 Å². The third-order valence-electron chi connectivity index (χ3n) is 17.1. The first-order valence-corrected chi connectivity index (χ1v) is 37.5. The Bertz CT molecular complexity index is 1380. The average molecular weight is 1170 g/mol. The molecule has 6 heteroatoms. The monoisotopic (exact) mass is 1170 g/mol. The molecule has 0 fully saturated rings. The SMILES string of the molecule is CCCCCCC/C=C\C/C=C\C/C=C\CCCCCCCCCCCCCCCCCCCCC(=O)OCC(COC(=O)CCCCCCCCCCCCCC)OC(=O)CCCCCCCCCCCCCCCCCCCCCC. The summed E-state index contributed by atoms with van der Waals surface area (Å²) < 4.78 is 17.0. The molecule has 0 aliphatic rings. The normalized spacial score (nSPS) is 12.2. The molecular weight excluding hydrogens is 1020 g/mol. The number of rotatable bonds is 70. The highest BCUT2D eigenvalue weighted by molar-refractivity contribution is 5.71. The predicted molar refractivity (Wildman–Crippen MR) is 362 cm³/mol. The Morgan fingerprint density at radius 2 is 0.434 bits per heavy atom. The van der Waals surface area contributed by atoms with Crippen molar-refractivity contribution in [2.45, 2.75) is 425 Å². The molecule has 0 saturated carbocycles. The molecular formula is C77H144O6. The van der Waals surface area contributed by atoms with Crippen LogP contribution >= 0.6 is 0 Å². The van der Waals surface area contributed by atoms with E-state index >= 15 is 0 Å². The van der Waals surface area contributed by atoms with E-state index < -0.39 is 6.10 Å². The smallest absolute Gasteiger partial charge is 0.306 e. The van der Waals surface area contributed by atoms with Gasteiger partial charge in [0.15, 0.2) is 6.10 Å². The molecule has 1 unspecified atom stereocenters. The van der Waals surface area contributed by atoms with Crippen LogP contribution < -0.4 is 0 Å². The van der Waals surface area contributed by atoms with Gasteiger partial charge in [0.2, 0.25) is 0 Å². The summed E-state index contributed by atoms with van der Waals surface area (Å²) >= 11 is 0. The summed E-state index contributed by atoms with van der Waals surface area (Å²) in [6.07, 6.45) is 90.5. The molecule has 1 atom stereocenters. The van der Waals surface area contributed by atoms with Gasteiger partial charge in [-0.2, -0.15) is 0 Å².